The Kier molecular flexibility index (Phi) is 7.49. The van der Waals surface area contributed by atoms with Crippen molar-refractivity contribution in [1.82, 2.24) is 5.32 Å². The third-order valence-electron chi connectivity index (χ3n) is 4.68. The number of nitrogens with zero attached hydrogens (tertiary/aromatic N) is 1. The first-order chi connectivity index (χ1) is 15.1. The van der Waals surface area contributed by atoms with Crippen LogP contribution in [-0.4, -0.2) is 30.7 Å². The molecule has 0 fully saturated rings. The smallest absolute Gasteiger partial charge is 0.328 e. The molecule has 0 spiro atoms. The molecular weight excluding hydrogens is 388 g/mol. The van der Waals surface area contributed by atoms with Crippen molar-refractivity contribution in [2.45, 2.75) is 12.5 Å². The fourth-order valence-corrected chi connectivity index (χ4v) is 3.10. The largest absolute Gasteiger partial charge is 0.467 e. The van der Waals surface area contributed by atoms with Gasteiger partial charge in [-0.1, -0.05) is 97.6 Å². The van der Waals surface area contributed by atoms with Gasteiger partial charge in [0.2, 0.25) is 0 Å². The summed E-state index contributed by atoms with van der Waals surface area (Å²) in [5.41, 5.74) is 3.25. The Morgan fingerprint density at radius 2 is 1.35 bits per heavy atom. The lowest BCUT2D eigenvalue weighted by molar-refractivity contribution is -0.144. The van der Waals surface area contributed by atoms with Crippen molar-refractivity contribution in [1.29, 1.82) is 0 Å². The van der Waals surface area contributed by atoms with Gasteiger partial charge in [-0.2, -0.15) is 0 Å². The number of nitrogens with one attached hydrogen (secondary N) is 1. The number of esters is 1. The van der Waals surface area contributed by atoms with E-state index < -0.39 is 17.9 Å². The van der Waals surface area contributed by atoms with E-state index in [1.807, 2.05) is 91.0 Å². The van der Waals surface area contributed by atoms with Gasteiger partial charge in [0.15, 0.2) is 0 Å². The molecular formula is C26H24N2O3. The van der Waals surface area contributed by atoms with Gasteiger partial charge in [-0.15, -0.1) is 0 Å². The van der Waals surface area contributed by atoms with Crippen LogP contribution in [0.25, 0.3) is 0 Å². The van der Waals surface area contributed by atoms with Crippen LogP contribution in [0.3, 0.4) is 0 Å². The second-order valence-electron chi connectivity index (χ2n) is 6.88. The van der Waals surface area contributed by atoms with Crippen LogP contribution in [0.15, 0.2) is 108 Å². The van der Waals surface area contributed by atoms with Gasteiger partial charge in [0.1, 0.15) is 11.7 Å². The number of ether oxygens (including phenoxy) is 1. The maximum Gasteiger partial charge on any atom is 0.328 e. The minimum atomic E-state index is -0.844. The van der Waals surface area contributed by atoms with Gasteiger partial charge in [0.05, 0.1) is 12.8 Å². The minimum absolute atomic E-state index is 0.00432. The maximum atomic E-state index is 12.8. The van der Waals surface area contributed by atoms with Crippen LogP contribution in [0.5, 0.6) is 0 Å². The lowest BCUT2D eigenvalue weighted by atomic mass is 10.0. The van der Waals surface area contributed by atoms with Crippen molar-refractivity contribution >= 4 is 17.6 Å². The molecule has 3 aromatic rings. The number of amides is 1. The van der Waals surface area contributed by atoms with E-state index in [1.165, 1.54) is 7.11 Å². The fourth-order valence-electron chi connectivity index (χ4n) is 3.10. The molecule has 3 rings (SSSR count). The van der Waals surface area contributed by atoms with E-state index in [1.54, 1.807) is 0 Å². The normalized spacial score (nSPS) is 11.1. The van der Waals surface area contributed by atoms with Crippen molar-refractivity contribution < 1.29 is 14.3 Å². The first-order valence-corrected chi connectivity index (χ1v) is 9.89. The van der Waals surface area contributed by atoms with Gasteiger partial charge in [-0.3, -0.25) is 4.79 Å². The molecule has 0 heterocycles. The van der Waals surface area contributed by atoms with E-state index in [0.717, 1.165) is 16.7 Å². The first-order valence-electron chi connectivity index (χ1n) is 9.89. The monoisotopic (exact) mass is 412 g/mol. The van der Waals surface area contributed by atoms with Crippen LogP contribution in [0.4, 0.5) is 0 Å². The van der Waals surface area contributed by atoms with Crippen molar-refractivity contribution in [2.75, 3.05) is 7.11 Å². The summed E-state index contributed by atoms with van der Waals surface area (Å²) in [6.07, 6.45) is 0.306. The second kappa shape index (κ2) is 10.7. The molecule has 0 unspecified atom stereocenters. The van der Waals surface area contributed by atoms with Crippen LogP contribution in [0.1, 0.15) is 16.7 Å². The van der Waals surface area contributed by atoms with Gasteiger partial charge in [0, 0.05) is 17.5 Å². The summed E-state index contributed by atoms with van der Waals surface area (Å²) in [6, 6.07) is 27.7. The predicted octanol–water partition coefficient (Wildman–Crippen LogP) is 3.94. The Labute approximate surface area is 182 Å². The van der Waals surface area contributed by atoms with E-state index in [2.05, 4.69) is 16.9 Å². The number of aliphatic imine (C=N–C) groups is 1. The zero-order valence-corrected chi connectivity index (χ0v) is 17.3. The van der Waals surface area contributed by atoms with E-state index >= 15 is 0 Å². The topological polar surface area (TPSA) is 67.8 Å². The molecule has 0 saturated carbocycles. The Bertz CT molecular complexity index is 1020. The second-order valence-corrected chi connectivity index (χ2v) is 6.88. The van der Waals surface area contributed by atoms with E-state index in [4.69, 9.17) is 4.74 Å². The van der Waals surface area contributed by atoms with E-state index in [9.17, 15) is 9.59 Å². The molecule has 3 aromatic carbocycles. The molecule has 5 heteroatoms. The number of benzene rings is 3. The average Bonchev–Trinajstić information content (AvgIpc) is 2.83. The number of hydrogen-bond donors (Lipinski definition) is 1. The summed E-state index contributed by atoms with van der Waals surface area (Å²) in [5, 5.41) is 2.70. The third-order valence-corrected chi connectivity index (χ3v) is 4.68. The van der Waals surface area contributed by atoms with Crippen LogP contribution in [0, 0.1) is 0 Å². The highest BCUT2D eigenvalue weighted by molar-refractivity contribution is 6.14. The molecule has 0 aromatic heterocycles. The third kappa shape index (κ3) is 6.00. The minimum Gasteiger partial charge on any atom is -0.467 e. The lowest BCUT2D eigenvalue weighted by Crippen LogP contribution is -2.43. The Balaban J connectivity index is 1.84. The summed E-state index contributed by atoms with van der Waals surface area (Å²) in [6.45, 7) is 3.84. The van der Waals surface area contributed by atoms with Crippen LogP contribution in [0.2, 0.25) is 0 Å². The van der Waals surface area contributed by atoms with Crippen molar-refractivity contribution in [3.63, 3.8) is 0 Å². The highest BCUT2D eigenvalue weighted by Crippen LogP contribution is 2.13. The maximum absolute atomic E-state index is 12.8. The molecule has 0 aliphatic carbocycles. The summed E-state index contributed by atoms with van der Waals surface area (Å²) in [7, 11) is 1.29. The molecule has 1 amide bonds. The van der Waals surface area contributed by atoms with Gasteiger partial charge < -0.3 is 10.1 Å². The fraction of sp³-hybridized carbons (Fsp3) is 0.115. The molecule has 0 aliphatic rings. The molecule has 1 N–H and O–H groups in total. The SMILES string of the molecule is C=C(N=C(c1ccccc1)c1ccccc1)C(=O)N[C@@H](Cc1ccccc1)C(=O)OC. The molecule has 5 nitrogen and oxygen atoms in total. The summed E-state index contributed by atoms with van der Waals surface area (Å²) < 4.78 is 4.87. The average molecular weight is 412 g/mol. The van der Waals surface area contributed by atoms with Crippen molar-refractivity contribution in [3.05, 3.63) is 120 Å². The number of hydrogen-bond acceptors (Lipinski definition) is 4. The number of carbonyl (C=O) groups is 2. The standard InChI is InChI=1S/C26H24N2O3/c1-19(25(29)28-23(26(30)31-2)18-20-12-6-3-7-13-20)27-24(21-14-8-4-9-15-21)22-16-10-5-11-17-22/h3-17,23H,1,18H2,2H3,(H,28,29)/t23-/m0/s1. The highest BCUT2D eigenvalue weighted by atomic mass is 16.5. The lowest BCUT2D eigenvalue weighted by Gasteiger charge is -2.17. The van der Waals surface area contributed by atoms with Gasteiger partial charge >= 0.3 is 5.97 Å². The Hall–Kier alpha value is -3.99. The molecule has 31 heavy (non-hydrogen) atoms. The van der Waals surface area contributed by atoms with Crippen LogP contribution < -0.4 is 5.32 Å². The zero-order chi connectivity index (χ0) is 22.1. The Morgan fingerprint density at radius 3 is 1.84 bits per heavy atom. The van der Waals surface area contributed by atoms with E-state index in [0.29, 0.717) is 12.1 Å². The highest BCUT2D eigenvalue weighted by Gasteiger charge is 2.23. The molecule has 0 saturated heterocycles. The number of carbonyl (C=O) groups excluding carboxylic acids is 2. The summed E-state index contributed by atoms with van der Waals surface area (Å²) >= 11 is 0. The molecule has 1 atom stereocenters. The number of methoxy groups -OCH3 is 1. The van der Waals surface area contributed by atoms with Gasteiger partial charge in [0.25, 0.3) is 5.91 Å². The van der Waals surface area contributed by atoms with E-state index in [-0.39, 0.29) is 5.70 Å². The van der Waals surface area contributed by atoms with Crippen LogP contribution >= 0.6 is 0 Å². The van der Waals surface area contributed by atoms with Gasteiger partial charge in [-0.25, -0.2) is 9.79 Å². The molecule has 0 aliphatic heterocycles. The summed E-state index contributed by atoms with van der Waals surface area (Å²) in [5.74, 6) is -1.06. The summed E-state index contributed by atoms with van der Waals surface area (Å²) in [4.78, 5) is 29.6. The quantitative estimate of drug-likeness (QED) is 0.346. The van der Waals surface area contributed by atoms with Crippen LogP contribution in [-0.2, 0) is 20.7 Å². The Morgan fingerprint density at radius 1 is 0.871 bits per heavy atom. The van der Waals surface area contributed by atoms with Crippen molar-refractivity contribution in [2.24, 2.45) is 4.99 Å². The molecule has 156 valence electrons. The molecule has 0 radical (unpaired) electrons. The number of rotatable bonds is 8. The van der Waals surface area contributed by atoms with Crippen molar-refractivity contribution in [3.8, 4) is 0 Å². The van der Waals surface area contributed by atoms with Gasteiger partial charge in [-0.05, 0) is 5.56 Å². The predicted molar refractivity (Wildman–Crippen MR) is 122 cm³/mol. The zero-order valence-electron chi connectivity index (χ0n) is 17.3. The first kappa shape index (κ1) is 21.7. The molecule has 0 bridgehead atoms.